The van der Waals surface area contributed by atoms with Crippen molar-refractivity contribution in [2.75, 3.05) is 112 Å². The zero-order chi connectivity index (χ0) is 71.3. The van der Waals surface area contributed by atoms with Crippen LogP contribution in [0, 0.1) is 0 Å². The van der Waals surface area contributed by atoms with E-state index in [0.29, 0.717) is 81.8 Å². The third-order valence-corrected chi connectivity index (χ3v) is 17.5. The molecular formula is C74H74N22O7. The Hall–Kier alpha value is -12.9. The van der Waals surface area contributed by atoms with Crippen molar-refractivity contribution in [2.24, 2.45) is 7.05 Å². The number of aromatic amines is 1. The molecule has 6 aromatic heterocycles. The van der Waals surface area contributed by atoms with Crippen LogP contribution in [0.2, 0.25) is 0 Å². The fraction of sp³-hybridized carbons (Fsp3) is 0.216. The van der Waals surface area contributed by atoms with Crippen molar-refractivity contribution in [3.8, 4) is 33.8 Å². The summed E-state index contributed by atoms with van der Waals surface area (Å²) in [5, 5.41) is 19.0. The van der Waals surface area contributed by atoms with Crippen molar-refractivity contribution in [3.63, 3.8) is 0 Å². The van der Waals surface area contributed by atoms with Gasteiger partial charge in [-0.1, -0.05) is 78.9 Å². The number of carbonyl (C=O) groups excluding carboxylic acids is 6. The fourth-order valence-corrected chi connectivity index (χ4v) is 12.0. The molecule has 9 heterocycles. The largest absolute Gasteiger partial charge is 0.423 e. The summed E-state index contributed by atoms with van der Waals surface area (Å²) in [6.07, 6.45) is 7.32. The molecule has 6 aromatic carbocycles. The third kappa shape index (κ3) is 16.2. The summed E-state index contributed by atoms with van der Waals surface area (Å²) in [5.41, 5.74) is 27.0. The second-order valence-electron chi connectivity index (χ2n) is 24.5. The molecule has 3 aliphatic heterocycles. The van der Waals surface area contributed by atoms with Crippen LogP contribution >= 0.6 is 0 Å². The van der Waals surface area contributed by atoms with E-state index in [2.05, 4.69) is 76.8 Å². The average Bonchev–Trinajstić information content (AvgIpc) is 1.78. The number of amides is 6. The number of nitrogen functional groups attached to an aromatic ring is 3. The normalized spacial score (nSPS) is 14.0. The summed E-state index contributed by atoms with van der Waals surface area (Å²) < 4.78 is 7.32. The van der Waals surface area contributed by atoms with Gasteiger partial charge < -0.3 is 67.1 Å². The monoisotopic (exact) mass is 1380 g/mol. The number of fused-ring (bicyclic) bond motifs is 3. The first-order valence-corrected chi connectivity index (χ1v) is 33.7. The van der Waals surface area contributed by atoms with Crippen molar-refractivity contribution < 1.29 is 33.2 Å². The van der Waals surface area contributed by atoms with Gasteiger partial charge in [-0.2, -0.15) is 4.98 Å². The predicted molar refractivity (Wildman–Crippen MR) is 393 cm³/mol. The molecule has 0 aliphatic carbocycles. The van der Waals surface area contributed by atoms with Gasteiger partial charge in [-0.15, -0.1) is 0 Å². The Balaban J connectivity index is 0.000000138. The van der Waals surface area contributed by atoms with Crippen LogP contribution in [0.25, 0.3) is 66.8 Å². The maximum atomic E-state index is 13.0. The molecule has 3 aliphatic rings. The topological polar surface area (TPSA) is 399 Å². The van der Waals surface area contributed by atoms with E-state index in [1.165, 1.54) is 18.6 Å². The van der Waals surface area contributed by atoms with E-state index >= 15 is 0 Å². The maximum Gasteiger partial charge on any atom is 0.302 e. The summed E-state index contributed by atoms with van der Waals surface area (Å²) in [4.78, 5) is 120. The number of oxazole rings is 1. The Kier molecular flexibility index (Phi) is 21.0. The van der Waals surface area contributed by atoms with Crippen LogP contribution in [0.4, 0.5) is 35.2 Å². The summed E-state index contributed by atoms with van der Waals surface area (Å²) >= 11 is 0. The number of benzene rings is 6. The van der Waals surface area contributed by atoms with Gasteiger partial charge in [0.1, 0.15) is 11.3 Å². The van der Waals surface area contributed by atoms with Gasteiger partial charge in [-0.25, -0.2) is 34.9 Å². The van der Waals surface area contributed by atoms with Crippen LogP contribution in [0.1, 0.15) is 81.8 Å². The Labute approximate surface area is 590 Å². The van der Waals surface area contributed by atoms with E-state index < -0.39 is 17.7 Å². The molecule has 522 valence electrons. The van der Waals surface area contributed by atoms with Crippen molar-refractivity contribution in [2.45, 2.75) is 19.3 Å². The van der Waals surface area contributed by atoms with Gasteiger partial charge in [0, 0.05) is 110 Å². The number of hydrogen-bond donors (Lipinski definition) is 10. The predicted octanol–water partition coefficient (Wildman–Crippen LogP) is 7.75. The number of nitrogens with one attached hydrogen (secondary N) is 7. The van der Waals surface area contributed by atoms with Gasteiger partial charge in [0.25, 0.3) is 35.4 Å². The molecule has 15 rings (SSSR count). The number of nitrogens with two attached hydrogens (primary N) is 3. The maximum absolute atomic E-state index is 13.0. The van der Waals surface area contributed by atoms with Crippen molar-refractivity contribution in [3.05, 3.63) is 204 Å². The number of para-hydroxylation sites is 5. The van der Waals surface area contributed by atoms with Gasteiger partial charge in [-0.05, 0) is 112 Å². The number of aromatic nitrogens is 10. The summed E-state index contributed by atoms with van der Waals surface area (Å²) in [6, 6.07) is 45.8. The highest BCUT2D eigenvalue weighted by Crippen LogP contribution is 2.27. The zero-order valence-electron chi connectivity index (χ0n) is 56.2. The first-order chi connectivity index (χ1) is 50.2. The number of hydrogen-bond acceptors (Lipinski definition) is 21. The van der Waals surface area contributed by atoms with Crippen LogP contribution < -0.4 is 49.1 Å². The van der Waals surface area contributed by atoms with Crippen LogP contribution in [-0.2, 0) is 7.05 Å². The molecule has 3 saturated heterocycles. The minimum Gasteiger partial charge on any atom is -0.423 e. The SMILES string of the molecule is Cn1c(NC(=O)c2nc(-c3ccc(C(=O)N4CCCNCC4)cc3)cnc2N)nc2ccccc21.Nc1ncc(-c2ccc(C(=O)N3CCCNCC3)cc2)nc1C(=O)Nc1cc2ccccc2[nH]1.Nc1ncc(-c2ccc(C(=O)N3CCCNCC3)cc2)nc1C(=O)Nc1nc2ccccc2o1. The zero-order valence-corrected chi connectivity index (χ0v) is 56.2. The molecule has 29 nitrogen and oxygen atoms in total. The Morgan fingerprint density at radius 1 is 0.437 bits per heavy atom. The van der Waals surface area contributed by atoms with E-state index in [9.17, 15) is 28.8 Å². The minimum atomic E-state index is -0.583. The van der Waals surface area contributed by atoms with E-state index in [1.807, 2.05) is 101 Å². The Bertz CT molecular complexity index is 4800. The second kappa shape index (κ2) is 31.6. The molecule has 0 saturated carbocycles. The lowest BCUT2D eigenvalue weighted by Gasteiger charge is -2.20. The third-order valence-electron chi connectivity index (χ3n) is 17.5. The van der Waals surface area contributed by atoms with Gasteiger partial charge in [0.15, 0.2) is 40.1 Å². The van der Waals surface area contributed by atoms with E-state index in [-0.39, 0.29) is 58.3 Å². The number of carbonyl (C=O) groups is 6. The van der Waals surface area contributed by atoms with Crippen LogP contribution in [-0.4, -0.2) is 178 Å². The van der Waals surface area contributed by atoms with Gasteiger partial charge >= 0.3 is 6.01 Å². The second-order valence-corrected chi connectivity index (χ2v) is 24.5. The molecule has 12 aromatic rings. The minimum absolute atomic E-state index is 0.00274. The summed E-state index contributed by atoms with van der Waals surface area (Å²) in [6.45, 7) is 9.43. The highest BCUT2D eigenvalue weighted by molar-refractivity contribution is 6.08. The molecule has 3 fully saturated rings. The quantitative estimate of drug-likeness (QED) is 0.0558. The molecule has 103 heavy (non-hydrogen) atoms. The van der Waals surface area contributed by atoms with Gasteiger partial charge in [0.2, 0.25) is 5.95 Å². The molecule has 6 amide bonds. The lowest BCUT2D eigenvalue weighted by Crippen LogP contribution is -2.34. The number of nitrogens with zero attached hydrogens (tertiary/aromatic N) is 12. The van der Waals surface area contributed by atoms with E-state index in [4.69, 9.17) is 21.6 Å². The van der Waals surface area contributed by atoms with Crippen LogP contribution in [0.15, 0.2) is 175 Å². The number of rotatable bonds is 12. The molecular weight excluding hydrogens is 1310 g/mol. The Morgan fingerprint density at radius 2 is 0.854 bits per heavy atom. The first kappa shape index (κ1) is 68.7. The summed E-state index contributed by atoms with van der Waals surface area (Å²) in [5.74, 6) is -0.555. The molecule has 0 spiro atoms. The van der Waals surface area contributed by atoms with Crippen LogP contribution in [0.5, 0.6) is 0 Å². The number of aryl methyl sites for hydroxylation is 1. The van der Waals surface area contributed by atoms with Crippen molar-refractivity contribution in [1.29, 1.82) is 0 Å². The molecule has 0 radical (unpaired) electrons. The highest BCUT2D eigenvalue weighted by Gasteiger charge is 2.25. The van der Waals surface area contributed by atoms with Gasteiger partial charge in [0.05, 0.1) is 46.7 Å². The van der Waals surface area contributed by atoms with Crippen molar-refractivity contribution >= 4 is 104 Å². The molecule has 13 N–H and O–H groups in total. The summed E-state index contributed by atoms with van der Waals surface area (Å²) in [7, 11) is 1.82. The van der Waals surface area contributed by atoms with E-state index in [1.54, 1.807) is 77.4 Å². The highest BCUT2D eigenvalue weighted by atomic mass is 16.4. The lowest BCUT2D eigenvalue weighted by molar-refractivity contribution is 0.0759. The van der Waals surface area contributed by atoms with Crippen molar-refractivity contribution in [1.82, 2.24) is 80.1 Å². The van der Waals surface area contributed by atoms with E-state index in [0.717, 1.165) is 111 Å². The molecule has 0 unspecified atom stereocenters. The standard InChI is InChI=1S/C25H26N8O2.C25H25N7O2.C24H23N7O3/c1-32-20-6-3-2-5-18(20)30-25(32)31-23(34)21-22(26)28-15-19(29-21)16-7-9-17(10-8-16)24(35)33-13-4-11-27-12-14-33;26-23-22(24(33)31-21-14-18-4-1-2-5-19(18)29-21)30-20(15-28-23)16-6-8-17(9-7-16)25(34)32-12-3-10-27-11-13-32;25-21-20(22(32)30-24-29-17-4-1-2-5-19(17)34-24)28-18(14-27-21)15-6-8-16(9-7-15)23(33)31-12-3-10-26-11-13-31/h2-3,5-10,15,27H,4,11-14H2,1H3,(H2,26,28)(H,30,31,34);1-2,4-9,14-15,27,29H,3,10-13H2,(H2,26,28)(H,31,33);1-2,4-9,14,26H,3,10-13H2,(H2,25,27)(H,29,30,32). The van der Waals surface area contributed by atoms with Gasteiger partial charge in [-0.3, -0.25) is 39.4 Å². The number of imidazole rings is 1. The fourth-order valence-electron chi connectivity index (χ4n) is 12.0. The lowest BCUT2D eigenvalue weighted by atomic mass is 10.1. The molecule has 0 bridgehead atoms. The molecule has 29 heteroatoms. The first-order valence-electron chi connectivity index (χ1n) is 33.7. The number of anilines is 6. The smallest absolute Gasteiger partial charge is 0.302 e. The Morgan fingerprint density at radius 3 is 1.31 bits per heavy atom. The average molecular weight is 1380 g/mol. The molecule has 0 atom stereocenters. The van der Waals surface area contributed by atoms with Crippen LogP contribution in [0.3, 0.4) is 0 Å². The number of H-pyrrole nitrogens is 1.